The molecule has 4 aromatic rings. The highest BCUT2D eigenvalue weighted by Gasteiger charge is 2.15. The predicted octanol–water partition coefficient (Wildman–Crippen LogP) is 4.10. The monoisotopic (exact) mass is 337 g/mol. The molecule has 0 fully saturated rings. The van der Waals surface area contributed by atoms with E-state index in [1.54, 1.807) is 29.7 Å². The van der Waals surface area contributed by atoms with Crippen molar-refractivity contribution in [2.75, 3.05) is 11.9 Å². The number of aromatic nitrogens is 2. The number of anilines is 1. The van der Waals surface area contributed by atoms with Crippen molar-refractivity contribution in [2.24, 2.45) is 0 Å². The van der Waals surface area contributed by atoms with Gasteiger partial charge in [-0.05, 0) is 17.7 Å². The van der Waals surface area contributed by atoms with E-state index in [4.69, 9.17) is 4.42 Å². The molecule has 1 aromatic carbocycles. The Morgan fingerprint density at radius 1 is 1.12 bits per heavy atom. The minimum absolute atomic E-state index is 0.309. The first-order chi connectivity index (χ1) is 11.8. The van der Waals surface area contributed by atoms with Gasteiger partial charge in [0.1, 0.15) is 28.8 Å². The molecular formula is C18H15N3O2S. The molecular weight excluding hydrogens is 322 g/mol. The van der Waals surface area contributed by atoms with Crippen LogP contribution in [0, 0.1) is 0 Å². The number of aliphatic hydroxyl groups excluding tert-OH is 1. The van der Waals surface area contributed by atoms with Crippen LogP contribution >= 0.6 is 11.3 Å². The number of hydrogen-bond acceptors (Lipinski definition) is 6. The third kappa shape index (κ3) is 2.77. The van der Waals surface area contributed by atoms with Crippen molar-refractivity contribution >= 4 is 27.4 Å². The van der Waals surface area contributed by atoms with Crippen molar-refractivity contribution in [1.29, 1.82) is 0 Å². The molecule has 2 N–H and O–H groups in total. The second-order valence-corrected chi connectivity index (χ2v) is 6.19. The van der Waals surface area contributed by atoms with E-state index in [1.807, 2.05) is 18.2 Å². The standard InChI is InChI=1S/C18H15N3O2S/c22-14(15-7-4-8-23-15)9-19-17-16-13(12-5-2-1-3-6-12)10-24-18(16)21-11-20-17/h1-8,10-11,14,22H,9H2,(H,19,20,21). The summed E-state index contributed by atoms with van der Waals surface area (Å²) < 4.78 is 5.23. The van der Waals surface area contributed by atoms with Crippen molar-refractivity contribution in [3.05, 3.63) is 66.2 Å². The van der Waals surface area contributed by atoms with Crippen molar-refractivity contribution < 1.29 is 9.52 Å². The first-order valence-electron chi connectivity index (χ1n) is 7.56. The van der Waals surface area contributed by atoms with E-state index in [0.29, 0.717) is 18.1 Å². The molecule has 0 aliphatic carbocycles. The van der Waals surface area contributed by atoms with Crippen LogP contribution < -0.4 is 5.32 Å². The second-order valence-electron chi connectivity index (χ2n) is 5.33. The summed E-state index contributed by atoms with van der Waals surface area (Å²) in [5, 5.41) is 16.5. The van der Waals surface area contributed by atoms with E-state index >= 15 is 0 Å². The van der Waals surface area contributed by atoms with E-state index < -0.39 is 6.10 Å². The Balaban J connectivity index is 1.67. The minimum atomic E-state index is -0.733. The summed E-state index contributed by atoms with van der Waals surface area (Å²) in [6.45, 7) is 0.309. The van der Waals surface area contributed by atoms with E-state index in [9.17, 15) is 5.11 Å². The molecule has 1 atom stereocenters. The van der Waals surface area contributed by atoms with Gasteiger partial charge in [-0.25, -0.2) is 9.97 Å². The Labute approximate surface area is 142 Å². The lowest BCUT2D eigenvalue weighted by Gasteiger charge is -2.11. The number of aliphatic hydroxyl groups is 1. The van der Waals surface area contributed by atoms with Crippen LogP contribution in [0.3, 0.4) is 0 Å². The lowest BCUT2D eigenvalue weighted by Crippen LogP contribution is -2.12. The zero-order valence-electron chi connectivity index (χ0n) is 12.7. The van der Waals surface area contributed by atoms with Gasteiger partial charge in [0.05, 0.1) is 11.6 Å². The summed E-state index contributed by atoms with van der Waals surface area (Å²) in [7, 11) is 0. The van der Waals surface area contributed by atoms with Gasteiger partial charge < -0.3 is 14.8 Å². The van der Waals surface area contributed by atoms with Crippen molar-refractivity contribution in [3.8, 4) is 11.1 Å². The van der Waals surface area contributed by atoms with Crippen LogP contribution in [-0.2, 0) is 0 Å². The van der Waals surface area contributed by atoms with E-state index in [0.717, 1.165) is 21.3 Å². The van der Waals surface area contributed by atoms with E-state index in [2.05, 4.69) is 32.8 Å². The van der Waals surface area contributed by atoms with E-state index in [1.165, 1.54) is 6.33 Å². The van der Waals surface area contributed by atoms with Crippen molar-refractivity contribution in [1.82, 2.24) is 9.97 Å². The van der Waals surface area contributed by atoms with E-state index in [-0.39, 0.29) is 0 Å². The van der Waals surface area contributed by atoms with Crippen LogP contribution in [0.2, 0.25) is 0 Å². The minimum Gasteiger partial charge on any atom is -0.467 e. The molecule has 5 nitrogen and oxygen atoms in total. The molecule has 0 saturated heterocycles. The smallest absolute Gasteiger partial charge is 0.138 e. The highest BCUT2D eigenvalue weighted by atomic mass is 32.1. The summed E-state index contributed by atoms with van der Waals surface area (Å²) in [4.78, 5) is 9.63. The predicted molar refractivity (Wildman–Crippen MR) is 95.0 cm³/mol. The highest BCUT2D eigenvalue weighted by Crippen LogP contribution is 2.36. The maximum absolute atomic E-state index is 10.2. The molecule has 3 aromatic heterocycles. The SMILES string of the molecule is OC(CNc1ncnc2scc(-c3ccccc3)c12)c1ccco1. The molecule has 1 unspecified atom stereocenters. The van der Waals surface area contributed by atoms with Gasteiger partial charge in [-0.15, -0.1) is 11.3 Å². The molecule has 6 heteroatoms. The van der Waals surface area contributed by atoms with Crippen LogP contribution in [0.5, 0.6) is 0 Å². The molecule has 24 heavy (non-hydrogen) atoms. The normalized spacial score (nSPS) is 12.4. The second kappa shape index (κ2) is 6.43. The maximum Gasteiger partial charge on any atom is 0.138 e. The third-order valence-corrected chi connectivity index (χ3v) is 4.68. The molecule has 0 spiro atoms. The molecule has 0 aliphatic rings. The molecule has 0 amide bonds. The van der Waals surface area contributed by atoms with Gasteiger partial charge in [0.25, 0.3) is 0 Å². The van der Waals surface area contributed by atoms with Crippen LogP contribution in [0.1, 0.15) is 11.9 Å². The molecule has 0 saturated carbocycles. The Kier molecular flexibility index (Phi) is 3.98. The quantitative estimate of drug-likeness (QED) is 0.574. The fourth-order valence-electron chi connectivity index (χ4n) is 2.61. The Morgan fingerprint density at radius 2 is 2.00 bits per heavy atom. The van der Waals surface area contributed by atoms with Gasteiger partial charge in [0.15, 0.2) is 0 Å². The summed E-state index contributed by atoms with van der Waals surface area (Å²) >= 11 is 1.58. The number of nitrogens with one attached hydrogen (secondary N) is 1. The summed E-state index contributed by atoms with van der Waals surface area (Å²) in [5.74, 6) is 1.24. The lowest BCUT2D eigenvalue weighted by atomic mass is 10.1. The molecule has 0 bridgehead atoms. The average Bonchev–Trinajstić information content (AvgIpc) is 3.30. The average molecular weight is 337 g/mol. The fourth-order valence-corrected chi connectivity index (χ4v) is 3.53. The number of furan rings is 1. The Morgan fingerprint density at radius 3 is 2.79 bits per heavy atom. The van der Waals surface area contributed by atoms with Gasteiger partial charge in [0.2, 0.25) is 0 Å². The van der Waals surface area contributed by atoms with Crippen molar-refractivity contribution in [3.63, 3.8) is 0 Å². The zero-order valence-corrected chi connectivity index (χ0v) is 13.5. The highest BCUT2D eigenvalue weighted by molar-refractivity contribution is 7.17. The topological polar surface area (TPSA) is 71.2 Å². The lowest BCUT2D eigenvalue weighted by molar-refractivity contribution is 0.162. The van der Waals surface area contributed by atoms with Crippen LogP contribution in [-0.4, -0.2) is 21.6 Å². The fraction of sp³-hybridized carbons (Fsp3) is 0.111. The molecule has 0 radical (unpaired) electrons. The Hall–Kier alpha value is -2.70. The first kappa shape index (κ1) is 14.9. The number of fused-ring (bicyclic) bond motifs is 1. The Bertz CT molecular complexity index is 935. The molecule has 4 rings (SSSR count). The number of nitrogens with zero attached hydrogens (tertiary/aromatic N) is 2. The van der Waals surface area contributed by atoms with Gasteiger partial charge >= 0.3 is 0 Å². The number of thiophene rings is 1. The van der Waals surface area contributed by atoms with Gasteiger partial charge in [-0.2, -0.15) is 0 Å². The number of benzene rings is 1. The zero-order chi connectivity index (χ0) is 16.4. The molecule has 0 aliphatic heterocycles. The summed E-state index contributed by atoms with van der Waals surface area (Å²) in [6, 6.07) is 13.7. The molecule has 3 heterocycles. The van der Waals surface area contributed by atoms with Crippen LogP contribution in [0.15, 0.2) is 64.9 Å². The summed E-state index contributed by atoms with van der Waals surface area (Å²) in [6.07, 6.45) is 2.35. The van der Waals surface area contributed by atoms with Crippen LogP contribution in [0.25, 0.3) is 21.3 Å². The van der Waals surface area contributed by atoms with Gasteiger partial charge in [-0.3, -0.25) is 0 Å². The van der Waals surface area contributed by atoms with Gasteiger partial charge in [0, 0.05) is 17.5 Å². The number of hydrogen-bond donors (Lipinski definition) is 2. The first-order valence-corrected chi connectivity index (χ1v) is 8.44. The largest absolute Gasteiger partial charge is 0.467 e. The van der Waals surface area contributed by atoms with Crippen LogP contribution in [0.4, 0.5) is 5.82 Å². The maximum atomic E-state index is 10.2. The third-order valence-electron chi connectivity index (χ3n) is 3.79. The van der Waals surface area contributed by atoms with Gasteiger partial charge in [-0.1, -0.05) is 30.3 Å². The van der Waals surface area contributed by atoms with Crippen molar-refractivity contribution in [2.45, 2.75) is 6.10 Å². The number of rotatable bonds is 5. The summed E-state index contributed by atoms with van der Waals surface area (Å²) in [5.41, 5.74) is 2.21. The molecule has 120 valence electrons.